The molecule has 2 nitrogen and oxygen atoms in total. The Labute approximate surface area is 101 Å². The summed E-state index contributed by atoms with van der Waals surface area (Å²) in [5, 5.41) is 0.573. The van der Waals surface area contributed by atoms with Gasteiger partial charge in [0, 0.05) is 5.02 Å². The number of ketones is 1. The van der Waals surface area contributed by atoms with Crippen LogP contribution in [0.3, 0.4) is 0 Å². The van der Waals surface area contributed by atoms with Crippen LogP contribution in [0.4, 0.5) is 0 Å². The van der Waals surface area contributed by atoms with Crippen LogP contribution in [-0.2, 0) is 0 Å². The van der Waals surface area contributed by atoms with E-state index in [4.69, 9.17) is 16.3 Å². The molecule has 0 N–H and O–H groups in total. The van der Waals surface area contributed by atoms with E-state index in [1.165, 1.54) is 19.8 Å². The molecule has 3 heteroatoms. The number of ether oxygens (including phenoxy) is 1. The molecule has 0 bridgehead atoms. The highest BCUT2D eigenvalue weighted by atomic mass is 35.5. The van der Waals surface area contributed by atoms with Crippen LogP contribution >= 0.6 is 11.6 Å². The average Bonchev–Trinajstić information content (AvgIpc) is 2.73. The van der Waals surface area contributed by atoms with E-state index >= 15 is 0 Å². The van der Waals surface area contributed by atoms with Gasteiger partial charge in [-0.25, -0.2) is 0 Å². The molecular formula is C13H15ClO2. The smallest absolute Gasteiger partial charge is 0.163 e. The standard InChI is InChI=1S/C13H15ClO2/c1-9(15)12-8-10(14)6-7-13(12)16-11-4-2-3-5-11/h6-8,11H,2-5H2,1H3. The molecule has 16 heavy (non-hydrogen) atoms. The second kappa shape index (κ2) is 4.88. The van der Waals surface area contributed by atoms with Gasteiger partial charge < -0.3 is 4.74 Å². The van der Waals surface area contributed by atoms with Crippen LogP contribution in [0.15, 0.2) is 18.2 Å². The van der Waals surface area contributed by atoms with Crippen LogP contribution in [0.5, 0.6) is 5.75 Å². The Morgan fingerprint density at radius 3 is 2.69 bits per heavy atom. The van der Waals surface area contributed by atoms with E-state index in [-0.39, 0.29) is 11.9 Å². The van der Waals surface area contributed by atoms with Gasteiger partial charge in [-0.3, -0.25) is 4.79 Å². The first-order chi connectivity index (χ1) is 7.66. The van der Waals surface area contributed by atoms with E-state index in [0.717, 1.165) is 12.8 Å². The fourth-order valence-electron chi connectivity index (χ4n) is 2.07. The van der Waals surface area contributed by atoms with Crippen LogP contribution in [0.1, 0.15) is 43.0 Å². The van der Waals surface area contributed by atoms with E-state index in [2.05, 4.69) is 0 Å². The zero-order chi connectivity index (χ0) is 11.5. The Kier molecular flexibility index (Phi) is 3.49. The monoisotopic (exact) mass is 238 g/mol. The van der Waals surface area contributed by atoms with Gasteiger partial charge in [0.1, 0.15) is 5.75 Å². The van der Waals surface area contributed by atoms with Crippen LogP contribution in [0, 0.1) is 0 Å². The van der Waals surface area contributed by atoms with Crippen molar-refractivity contribution in [2.45, 2.75) is 38.7 Å². The zero-order valence-electron chi connectivity index (χ0n) is 9.33. The summed E-state index contributed by atoms with van der Waals surface area (Å²) in [6, 6.07) is 5.23. The van der Waals surface area contributed by atoms with Crippen LogP contribution < -0.4 is 4.74 Å². The minimum Gasteiger partial charge on any atom is -0.490 e. The predicted molar refractivity (Wildman–Crippen MR) is 64.3 cm³/mol. The van der Waals surface area contributed by atoms with Gasteiger partial charge in [0.15, 0.2) is 5.78 Å². The molecule has 2 rings (SSSR count). The van der Waals surface area contributed by atoms with Crippen molar-refractivity contribution in [1.29, 1.82) is 0 Å². The highest BCUT2D eigenvalue weighted by Crippen LogP contribution is 2.28. The maximum Gasteiger partial charge on any atom is 0.163 e. The molecule has 0 spiro atoms. The number of carbonyl (C=O) groups is 1. The van der Waals surface area contributed by atoms with Crippen molar-refractivity contribution < 1.29 is 9.53 Å². The fourth-order valence-corrected chi connectivity index (χ4v) is 2.24. The minimum absolute atomic E-state index is 0.00417. The van der Waals surface area contributed by atoms with Crippen molar-refractivity contribution in [3.63, 3.8) is 0 Å². The first kappa shape index (κ1) is 11.5. The van der Waals surface area contributed by atoms with E-state index in [1.807, 2.05) is 0 Å². The molecular weight excluding hydrogens is 224 g/mol. The first-order valence-electron chi connectivity index (χ1n) is 5.64. The van der Waals surface area contributed by atoms with Crippen LogP contribution in [-0.4, -0.2) is 11.9 Å². The number of hydrogen-bond donors (Lipinski definition) is 0. The van der Waals surface area contributed by atoms with Gasteiger partial charge in [0.2, 0.25) is 0 Å². The van der Waals surface area contributed by atoms with Crippen LogP contribution in [0.2, 0.25) is 5.02 Å². The van der Waals surface area contributed by atoms with Gasteiger partial charge in [-0.05, 0) is 50.8 Å². The second-order valence-corrected chi connectivity index (χ2v) is 4.66. The van der Waals surface area contributed by atoms with E-state index < -0.39 is 0 Å². The zero-order valence-corrected chi connectivity index (χ0v) is 10.1. The molecule has 1 aliphatic carbocycles. The summed E-state index contributed by atoms with van der Waals surface area (Å²) in [5.41, 5.74) is 0.583. The normalized spacial score (nSPS) is 16.4. The van der Waals surface area contributed by atoms with Crippen molar-refractivity contribution in [2.75, 3.05) is 0 Å². The van der Waals surface area contributed by atoms with Crippen molar-refractivity contribution in [2.24, 2.45) is 0 Å². The number of hydrogen-bond acceptors (Lipinski definition) is 2. The number of benzene rings is 1. The van der Waals surface area contributed by atoms with Crippen molar-refractivity contribution in [1.82, 2.24) is 0 Å². The molecule has 0 amide bonds. The second-order valence-electron chi connectivity index (χ2n) is 4.22. The Balaban J connectivity index is 2.21. The van der Waals surface area contributed by atoms with Gasteiger partial charge in [-0.15, -0.1) is 0 Å². The van der Waals surface area contributed by atoms with Crippen molar-refractivity contribution >= 4 is 17.4 Å². The largest absolute Gasteiger partial charge is 0.490 e. The number of Topliss-reactive ketones (excluding diaryl/α,β-unsaturated/α-hetero) is 1. The van der Waals surface area contributed by atoms with Crippen LogP contribution in [0.25, 0.3) is 0 Å². The van der Waals surface area contributed by atoms with E-state index in [0.29, 0.717) is 16.3 Å². The summed E-state index contributed by atoms with van der Waals surface area (Å²) >= 11 is 5.87. The fraction of sp³-hybridized carbons (Fsp3) is 0.462. The third kappa shape index (κ3) is 2.56. The molecule has 0 unspecified atom stereocenters. The Morgan fingerprint density at radius 2 is 2.06 bits per heavy atom. The Bertz CT molecular complexity index is 395. The molecule has 0 radical (unpaired) electrons. The maximum atomic E-state index is 11.5. The first-order valence-corrected chi connectivity index (χ1v) is 6.02. The number of rotatable bonds is 3. The SMILES string of the molecule is CC(=O)c1cc(Cl)ccc1OC1CCCC1. The molecule has 1 fully saturated rings. The topological polar surface area (TPSA) is 26.3 Å². The lowest BCUT2D eigenvalue weighted by molar-refractivity contribution is 0.101. The van der Waals surface area contributed by atoms with Crippen molar-refractivity contribution in [3.8, 4) is 5.75 Å². The molecule has 1 aromatic rings. The minimum atomic E-state index is -0.00417. The molecule has 1 aromatic carbocycles. The van der Waals surface area contributed by atoms with Gasteiger partial charge in [-0.1, -0.05) is 11.6 Å². The summed E-state index contributed by atoms with van der Waals surface area (Å²) in [6.07, 6.45) is 4.86. The Morgan fingerprint density at radius 1 is 1.38 bits per heavy atom. The molecule has 0 aromatic heterocycles. The summed E-state index contributed by atoms with van der Waals surface area (Å²) in [4.78, 5) is 11.5. The molecule has 1 aliphatic rings. The van der Waals surface area contributed by atoms with Gasteiger partial charge in [0.05, 0.1) is 11.7 Å². The number of halogens is 1. The van der Waals surface area contributed by atoms with Gasteiger partial charge >= 0.3 is 0 Å². The lowest BCUT2D eigenvalue weighted by atomic mass is 10.1. The van der Waals surface area contributed by atoms with E-state index in [1.54, 1.807) is 18.2 Å². The van der Waals surface area contributed by atoms with Gasteiger partial charge in [-0.2, -0.15) is 0 Å². The summed E-state index contributed by atoms with van der Waals surface area (Å²) in [7, 11) is 0. The number of carbonyl (C=O) groups excluding carboxylic acids is 1. The molecule has 0 heterocycles. The van der Waals surface area contributed by atoms with Gasteiger partial charge in [0.25, 0.3) is 0 Å². The Hall–Kier alpha value is -1.02. The maximum absolute atomic E-state index is 11.5. The lowest BCUT2D eigenvalue weighted by Gasteiger charge is -2.15. The third-order valence-corrected chi connectivity index (χ3v) is 3.15. The molecule has 0 saturated heterocycles. The summed E-state index contributed by atoms with van der Waals surface area (Å²) < 4.78 is 5.84. The quantitative estimate of drug-likeness (QED) is 0.748. The molecule has 0 atom stereocenters. The summed E-state index contributed by atoms with van der Waals surface area (Å²) in [6.45, 7) is 1.53. The predicted octanol–water partition coefficient (Wildman–Crippen LogP) is 3.86. The highest BCUT2D eigenvalue weighted by molar-refractivity contribution is 6.31. The highest BCUT2D eigenvalue weighted by Gasteiger charge is 2.19. The molecule has 0 aliphatic heterocycles. The lowest BCUT2D eigenvalue weighted by Crippen LogP contribution is -2.13. The van der Waals surface area contributed by atoms with Crippen molar-refractivity contribution in [3.05, 3.63) is 28.8 Å². The van der Waals surface area contributed by atoms with E-state index in [9.17, 15) is 4.79 Å². The summed E-state index contributed by atoms with van der Waals surface area (Å²) in [5.74, 6) is 0.666. The third-order valence-electron chi connectivity index (χ3n) is 2.92. The molecule has 86 valence electrons. The molecule has 1 saturated carbocycles. The average molecular weight is 239 g/mol.